The van der Waals surface area contributed by atoms with Gasteiger partial charge in [-0.15, -0.1) is 0 Å². The van der Waals surface area contributed by atoms with Crippen molar-refractivity contribution in [2.24, 2.45) is 0 Å². The highest BCUT2D eigenvalue weighted by Gasteiger charge is 2.20. The van der Waals surface area contributed by atoms with Crippen LogP contribution in [0.4, 0.5) is 0 Å². The Kier molecular flexibility index (Phi) is 5.64. The van der Waals surface area contributed by atoms with E-state index in [0.717, 1.165) is 43.4 Å². The predicted octanol–water partition coefficient (Wildman–Crippen LogP) is 2.71. The third-order valence-electron chi connectivity index (χ3n) is 3.69. The van der Waals surface area contributed by atoms with Crippen molar-refractivity contribution < 1.29 is 4.74 Å². The summed E-state index contributed by atoms with van der Waals surface area (Å²) in [5.74, 6) is 0. The highest BCUT2D eigenvalue weighted by molar-refractivity contribution is 6.31. The number of nitrogens with one attached hydrogen (secondary N) is 1. The number of nitrogens with zero attached hydrogens (tertiary/aromatic N) is 1. The van der Waals surface area contributed by atoms with E-state index in [1.165, 1.54) is 0 Å². The molecule has 2 unspecified atom stereocenters. The second kappa shape index (κ2) is 7.25. The van der Waals surface area contributed by atoms with Gasteiger partial charge in [0, 0.05) is 30.7 Å². The zero-order chi connectivity index (χ0) is 13.7. The SMILES string of the molecule is CCN1CCOC(CNC(C)c2ccccc2Cl)C1. The van der Waals surface area contributed by atoms with Crippen molar-refractivity contribution in [1.82, 2.24) is 10.2 Å². The van der Waals surface area contributed by atoms with Crippen molar-refractivity contribution >= 4 is 11.6 Å². The van der Waals surface area contributed by atoms with Gasteiger partial charge in [0.05, 0.1) is 12.7 Å². The number of hydrogen-bond acceptors (Lipinski definition) is 3. The molecule has 1 aromatic carbocycles. The van der Waals surface area contributed by atoms with Crippen LogP contribution >= 0.6 is 11.6 Å². The van der Waals surface area contributed by atoms with Crippen LogP contribution in [0.1, 0.15) is 25.5 Å². The number of morpholine rings is 1. The minimum atomic E-state index is 0.245. The van der Waals surface area contributed by atoms with E-state index < -0.39 is 0 Å². The van der Waals surface area contributed by atoms with Crippen molar-refractivity contribution in [2.45, 2.75) is 26.0 Å². The van der Waals surface area contributed by atoms with Gasteiger partial charge in [-0.3, -0.25) is 4.90 Å². The number of hydrogen-bond donors (Lipinski definition) is 1. The fraction of sp³-hybridized carbons (Fsp3) is 0.600. The lowest BCUT2D eigenvalue weighted by Crippen LogP contribution is -2.46. The molecule has 0 saturated carbocycles. The third kappa shape index (κ3) is 4.18. The molecule has 1 saturated heterocycles. The maximum atomic E-state index is 6.21. The van der Waals surface area contributed by atoms with Crippen molar-refractivity contribution in [3.05, 3.63) is 34.9 Å². The Balaban J connectivity index is 1.83. The Bertz CT molecular complexity index is 399. The zero-order valence-corrected chi connectivity index (χ0v) is 12.5. The van der Waals surface area contributed by atoms with Gasteiger partial charge in [0.15, 0.2) is 0 Å². The molecule has 1 N–H and O–H groups in total. The van der Waals surface area contributed by atoms with Gasteiger partial charge in [-0.05, 0) is 25.1 Å². The largest absolute Gasteiger partial charge is 0.374 e. The third-order valence-corrected chi connectivity index (χ3v) is 4.04. The zero-order valence-electron chi connectivity index (χ0n) is 11.7. The Morgan fingerprint density at radius 1 is 1.47 bits per heavy atom. The normalized spacial score (nSPS) is 22.4. The highest BCUT2D eigenvalue weighted by atomic mass is 35.5. The molecule has 0 spiro atoms. The standard InChI is InChI=1S/C15H23ClN2O/c1-3-18-8-9-19-13(11-18)10-17-12(2)14-6-4-5-7-15(14)16/h4-7,12-13,17H,3,8-11H2,1-2H3. The fourth-order valence-electron chi connectivity index (χ4n) is 2.44. The molecule has 0 bridgehead atoms. The van der Waals surface area contributed by atoms with Crippen molar-refractivity contribution in [3.63, 3.8) is 0 Å². The van der Waals surface area contributed by atoms with Crippen LogP contribution in [0.2, 0.25) is 5.02 Å². The summed E-state index contributed by atoms with van der Waals surface area (Å²) in [6, 6.07) is 8.23. The molecule has 1 fully saturated rings. The minimum Gasteiger partial charge on any atom is -0.374 e. The topological polar surface area (TPSA) is 24.5 Å². The molecule has 0 amide bonds. The Morgan fingerprint density at radius 2 is 2.26 bits per heavy atom. The molecule has 3 nitrogen and oxygen atoms in total. The molecule has 0 radical (unpaired) electrons. The Morgan fingerprint density at radius 3 is 3.00 bits per heavy atom. The molecule has 0 aliphatic carbocycles. The average Bonchev–Trinajstić information content (AvgIpc) is 2.45. The van der Waals surface area contributed by atoms with Crippen molar-refractivity contribution in [1.29, 1.82) is 0 Å². The van der Waals surface area contributed by atoms with E-state index in [4.69, 9.17) is 16.3 Å². The van der Waals surface area contributed by atoms with E-state index in [-0.39, 0.29) is 12.1 Å². The molecule has 0 aromatic heterocycles. The summed E-state index contributed by atoms with van der Waals surface area (Å²) in [6.45, 7) is 9.19. The van der Waals surface area contributed by atoms with Gasteiger partial charge in [0.25, 0.3) is 0 Å². The van der Waals surface area contributed by atoms with E-state index in [0.29, 0.717) is 0 Å². The van der Waals surface area contributed by atoms with Crippen LogP contribution in [-0.4, -0.2) is 43.8 Å². The molecule has 4 heteroatoms. The van der Waals surface area contributed by atoms with E-state index in [1.807, 2.05) is 18.2 Å². The van der Waals surface area contributed by atoms with Crippen LogP contribution in [-0.2, 0) is 4.74 Å². The molecule has 106 valence electrons. The number of rotatable bonds is 5. The summed E-state index contributed by atoms with van der Waals surface area (Å²) in [6.07, 6.45) is 0.277. The summed E-state index contributed by atoms with van der Waals surface area (Å²) in [7, 11) is 0. The van der Waals surface area contributed by atoms with E-state index in [9.17, 15) is 0 Å². The monoisotopic (exact) mass is 282 g/mol. The molecule has 2 atom stereocenters. The summed E-state index contributed by atoms with van der Waals surface area (Å²) >= 11 is 6.21. The van der Waals surface area contributed by atoms with E-state index >= 15 is 0 Å². The van der Waals surface area contributed by atoms with Crippen LogP contribution in [0.3, 0.4) is 0 Å². The van der Waals surface area contributed by atoms with Gasteiger partial charge < -0.3 is 10.1 Å². The van der Waals surface area contributed by atoms with Crippen LogP contribution in [0, 0.1) is 0 Å². The first kappa shape index (κ1) is 14.8. The molecule has 2 rings (SSSR count). The van der Waals surface area contributed by atoms with Crippen LogP contribution in [0.15, 0.2) is 24.3 Å². The van der Waals surface area contributed by atoms with Gasteiger partial charge in [0.2, 0.25) is 0 Å². The first-order valence-electron chi connectivity index (χ1n) is 7.02. The molecule has 1 aliphatic rings. The lowest BCUT2D eigenvalue weighted by atomic mass is 10.1. The van der Waals surface area contributed by atoms with Gasteiger partial charge in [-0.2, -0.15) is 0 Å². The number of ether oxygens (including phenoxy) is 1. The smallest absolute Gasteiger partial charge is 0.0826 e. The molecule has 1 aliphatic heterocycles. The maximum absolute atomic E-state index is 6.21. The Hall–Kier alpha value is -0.610. The minimum absolute atomic E-state index is 0.245. The lowest BCUT2D eigenvalue weighted by Gasteiger charge is -2.32. The second-order valence-corrected chi connectivity index (χ2v) is 5.44. The lowest BCUT2D eigenvalue weighted by molar-refractivity contribution is -0.0261. The molecule has 1 heterocycles. The average molecular weight is 283 g/mol. The maximum Gasteiger partial charge on any atom is 0.0826 e. The molecule has 1 aromatic rings. The quantitative estimate of drug-likeness (QED) is 0.899. The molecular formula is C15H23ClN2O. The first-order chi connectivity index (χ1) is 9.20. The van der Waals surface area contributed by atoms with E-state index in [1.54, 1.807) is 0 Å². The fourth-order valence-corrected chi connectivity index (χ4v) is 2.73. The van der Waals surface area contributed by atoms with Crippen molar-refractivity contribution in [3.8, 4) is 0 Å². The molecular weight excluding hydrogens is 260 g/mol. The summed E-state index contributed by atoms with van der Waals surface area (Å²) in [5, 5.41) is 4.34. The van der Waals surface area contributed by atoms with Crippen molar-refractivity contribution in [2.75, 3.05) is 32.8 Å². The second-order valence-electron chi connectivity index (χ2n) is 5.04. The molecule has 19 heavy (non-hydrogen) atoms. The first-order valence-corrected chi connectivity index (χ1v) is 7.40. The van der Waals surface area contributed by atoms with Crippen LogP contribution < -0.4 is 5.32 Å². The van der Waals surface area contributed by atoms with Gasteiger partial charge >= 0.3 is 0 Å². The highest BCUT2D eigenvalue weighted by Crippen LogP contribution is 2.22. The number of halogens is 1. The van der Waals surface area contributed by atoms with Gasteiger partial charge in [-0.25, -0.2) is 0 Å². The van der Waals surface area contributed by atoms with Crippen LogP contribution in [0.5, 0.6) is 0 Å². The number of benzene rings is 1. The predicted molar refractivity (Wildman–Crippen MR) is 79.7 cm³/mol. The van der Waals surface area contributed by atoms with Gasteiger partial charge in [0.1, 0.15) is 0 Å². The number of likely N-dealkylation sites (N-methyl/N-ethyl adjacent to an activating group) is 1. The summed E-state index contributed by atoms with van der Waals surface area (Å²) in [4.78, 5) is 2.43. The summed E-state index contributed by atoms with van der Waals surface area (Å²) in [5.41, 5.74) is 1.15. The van der Waals surface area contributed by atoms with Crippen LogP contribution in [0.25, 0.3) is 0 Å². The van der Waals surface area contributed by atoms with E-state index in [2.05, 4.69) is 30.1 Å². The van der Waals surface area contributed by atoms with Gasteiger partial charge in [-0.1, -0.05) is 36.7 Å². The summed E-state index contributed by atoms with van der Waals surface area (Å²) < 4.78 is 5.79. The Labute approximate surface area is 120 Å².